The van der Waals surface area contributed by atoms with Crippen molar-refractivity contribution in [2.45, 2.75) is 20.3 Å². The van der Waals surface area contributed by atoms with E-state index in [2.05, 4.69) is 9.99 Å². The van der Waals surface area contributed by atoms with Crippen molar-refractivity contribution < 1.29 is 9.63 Å². The molecule has 0 aromatic heterocycles. The summed E-state index contributed by atoms with van der Waals surface area (Å²) in [6.07, 6.45) is 0.279. The van der Waals surface area contributed by atoms with Crippen molar-refractivity contribution in [2.24, 2.45) is 5.16 Å². The molecule has 0 aliphatic rings. The van der Waals surface area contributed by atoms with Gasteiger partial charge in [0.1, 0.15) is 0 Å². The molecule has 0 heterocycles. The van der Waals surface area contributed by atoms with Crippen LogP contribution in [-0.4, -0.2) is 11.1 Å². The second kappa shape index (κ2) is 5.51. The van der Waals surface area contributed by atoms with Gasteiger partial charge in [0.25, 0.3) is 0 Å². The average molecular weight is 226 g/mol. The van der Waals surface area contributed by atoms with Crippen molar-refractivity contribution in [1.82, 2.24) is 0 Å². The number of carbonyl (C=O) groups excluding carboxylic acids is 1. The van der Waals surface area contributed by atoms with Crippen molar-refractivity contribution in [3.8, 4) is 0 Å². The van der Waals surface area contributed by atoms with E-state index in [1.165, 1.54) is 0 Å². The SMILES string of the molecule is CCC(=O)O/N=C(/Cl)c1ccc(C)cc1. The topological polar surface area (TPSA) is 38.7 Å². The summed E-state index contributed by atoms with van der Waals surface area (Å²) in [4.78, 5) is 15.4. The van der Waals surface area contributed by atoms with Gasteiger partial charge in [-0.1, -0.05) is 53.5 Å². The second-order valence-electron chi connectivity index (χ2n) is 3.06. The minimum absolute atomic E-state index is 0.178. The van der Waals surface area contributed by atoms with E-state index in [9.17, 15) is 4.79 Å². The van der Waals surface area contributed by atoms with E-state index in [0.717, 1.165) is 11.1 Å². The van der Waals surface area contributed by atoms with Crippen molar-refractivity contribution >= 4 is 22.7 Å². The van der Waals surface area contributed by atoms with E-state index in [1.807, 2.05) is 31.2 Å². The second-order valence-corrected chi connectivity index (χ2v) is 3.42. The van der Waals surface area contributed by atoms with Crippen LogP contribution in [0.1, 0.15) is 24.5 Å². The highest BCUT2D eigenvalue weighted by Crippen LogP contribution is 2.07. The molecule has 0 bridgehead atoms. The van der Waals surface area contributed by atoms with Gasteiger partial charge in [-0.3, -0.25) is 0 Å². The molecule has 0 aliphatic heterocycles. The van der Waals surface area contributed by atoms with Gasteiger partial charge in [0.15, 0.2) is 5.17 Å². The highest BCUT2D eigenvalue weighted by atomic mass is 35.5. The zero-order chi connectivity index (χ0) is 11.3. The maximum Gasteiger partial charge on any atom is 0.334 e. The lowest BCUT2D eigenvalue weighted by molar-refractivity contribution is -0.143. The molecule has 1 aromatic carbocycles. The Bertz CT molecular complexity index is 371. The maximum atomic E-state index is 10.8. The Labute approximate surface area is 93.7 Å². The van der Waals surface area contributed by atoms with Gasteiger partial charge < -0.3 is 4.84 Å². The highest BCUT2D eigenvalue weighted by Gasteiger charge is 2.02. The molecule has 0 unspecified atom stereocenters. The van der Waals surface area contributed by atoms with Crippen LogP contribution in [0, 0.1) is 6.92 Å². The Morgan fingerprint density at radius 3 is 2.53 bits per heavy atom. The summed E-state index contributed by atoms with van der Waals surface area (Å²) >= 11 is 5.83. The average Bonchev–Trinajstić information content (AvgIpc) is 2.26. The smallest absolute Gasteiger partial charge is 0.317 e. The molecule has 0 aliphatic carbocycles. The first-order valence-electron chi connectivity index (χ1n) is 4.64. The predicted octanol–water partition coefficient (Wildman–Crippen LogP) is 2.85. The minimum atomic E-state index is -0.403. The Morgan fingerprint density at radius 2 is 2.00 bits per heavy atom. The summed E-state index contributed by atoms with van der Waals surface area (Å²) in [5.74, 6) is -0.403. The molecule has 0 N–H and O–H groups in total. The van der Waals surface area contributed by atoms with Crippen molar-refractivity contribution in [3.05, 3.63) is 35.4 Å². The van der Waals surface area contributed by atoms with Gasteiger partial charge in [-0.15, -0.1) is 0 Å². The third kappa shape index (κ3) is 3.72. The van der Waals surface area contributed by atoms with E-state index < -0.39 is 5.97 Å². The first-order chi connectivity index (χ1) is 7.13. The monoisotopic (exact) mass is 225 g/mol. The number of rotatable bonds is 3. The predicted molar refractivity (Wildman–Crippen MR) is 60.0 cm³/mol. The third-order valence-corrected chi connectivity index (χ3v) is 2.09. The van der Waals surface area contributed by atoms with Crippen LogP contribution in [0.25, 0.3) is 0 Å². The molecule has 0 saturated heterocycles. The number of benzene rings is 1. The molecule has 0 spiro atoms. The molecule has 1 aromatic rings. The largest absolute Gasteiger partial charge is 0.334 e. The normalized spacial score (nSPS) is 11.3. The number of nitrogens with zero attached hydrogens (tertiary/aromatic N) is 1. The Kier molecular flexibility index (Phi) is 4.31. The lowest BCUT2D eigenvalue weighted by Gasteiger charge is -1.98. The Hall–Kier alpha value is -1.35. The van der Waals surface area contributed by atoms with E-state index >= 15 is 0 Å². The fourth-order valence-corrected chi connectivity index (χ4v) is 1.06. The van der Waals surface area contributed by atoms with Crippen LogP contribution in [0.3, 0.4) is 0 Å². The molecule has 0 atom stereocenters. The van der Waals surface area contributed by atoms with Gasteiger partial charge in [0, 0.05) is 12.0 Å². The summed E-state index contributed by atoms with van der Waals surface area (Å²) in [5.41, 5.74) is 1.86. The molecule has 0 amide bonds. The van der Waals surface area contributed by atoms with Gasteiger partial charge in [0.2, 0.25) is 0 Å². The molecular formula is C11H12ClNO2. The number of oxime groups is 1. The lowest BCUT2D eigenvalue weighted by Crippen LogP contribution is -1.99. The van der Waals surface area contributed by atoms with Crippen LogP contribution in [0.5, 0.6) is 0 Å². The first kappa shape index (κ1) is 11.7. The van der Waals surface area contributed by atoms with Gasteiger partial charge in [-0.25, -0.2) is 4.79 Å². The minimum Gasteiger partial charge on any atom is -0.317 e. The Balaban J connectivity index is 2.71. The van der Waals surface area contributed by atoms with Crippen LogP contribution in [0.4, 0.5) is 0 Å². The zero-order valence-electron chi connectivity index (χ0n) is 8.66. The van der Waals surface area contributed by atoms with Crippen LogP contribution < -0.4 is 0 Å². The molecule has 3 nitrogen and oxygen atoms in total. The number of carbonyl (C=O) groups is 1. The maximum absolute atomic E-state index is 10.8. The summed E-state index contributed by atoms with van der Waals surface area (Å²) in [7, 11) is 0. The molecule has 15 heavy (non-hydrogen) atoms. The van der Waals surface area contributed by atoms with Crippen LogP contribution in [0.2, 0.25) is 0 Å². The van der Waals surface area contributed by atoms with E-state index in [0.29, 0.717) is 0 Å². The first-order valence-corrected chi connectivity index (χ1v) is 5.01. The van der Waals surface area contributed by atoms with Crippen LogP contribution in [0.15, 0.2) is 29.4 Å². The number of halogens is 1. The molecule has 4 heteroatoms. The van der Waals surface area contributed by atoms with Gasteiger partial charge in [-0.05, 0) is 6.92 Å². The lowest BCUT2D eigenvalue weighted by atomic mass is 10.2. The molecule has 0 radical (unpaired) electrons. The number of hydrogen-bond donors (Lipinski definition) is 0. The fourth-order valence-electron chi connectivity index (χ4n) is 0.899. The van der Waals surface area contributed by atoms with E-state index in [-0.39, 0.29) is 11.6 Å². The van der Waals surface area contributed by atoms with Crippen LogP contribution in [-0.2, 0) is 9.63 Å². The summed E-state index contributed by atoms with van der Waals surface area (Å²) in [6, 6.07) is 7.46. The van der Waals surface area contributed by atoms with Gasteiger partial charge in [0.05, 0.1) is 0 Å². The van der Waals surface area contributed by atoms with Crippen molar-refractivity contribution in [1.29, 1.82) is 0 Å². The van der Waals surface area contributed by atoms with Crippen LogP contribution >= 0.6 is 11.6 Å². The van der Waals surface area contributed by atoms with E-state index in [1.54, 1.807) is 6.92 Å². The van der Waals surface area contributed by atoms with Gasteiger partial charge >= 0.3 is 5.97 Å². The zero-order valence-corrected chi connectivity index (χ0v) is 9.41. The highest BCUT2D eigenvalue weighted by molar-refractivity contribution is 6.69. The van der Waals surface area contributed by atoms with Gasteiger partial charge in [-0.2, -0.15) is 0 Å². The molecule has 1 rings (SSSR count). The fraction of sp³-hybridized carbons (Fsp3) is 0.273. The summed E-state index contributed by atoms with van der Waals surface area (Å²) in [5, 5.41) is 3.70. The summed E-state index contributed by atoms with van der Waals surface area (Å²) in [6.45, 7) is 3.67. The number of hydrogen-bond acceptors (Lipinski definition) is 3. The number of aryl methyl sites for hydroxylation is 1. The summed E-state index contributed by atoms with van der Waals surface area (Å²) < 4.78 is 0. The standard InChI is InChI=1S/C11H12ClNO2/c1-3-10(14)15-13-11(12)9-6-4-8(2)5-7-9/h4-7H,3H2,1-2H3/b13-11+. The molecule has 0 fully saturated rings. The van der Waals surface area contributed by atoms with Crippen molar-refractivity contribution in [3.63, 3.8) is 0 Å². The molecule has 0 saturated carbocycles. The van der Waals surface area contributed by atoms with E-state index in [4.69, 9.17) is 11.6 Å². The van der Waals surface area contributed by atoms with Crippen molar-refractivity contribution in [2.75, 3.05) is 0 Å². The molecule has 80 valence electrons. The third-order valence-electron chi connectivity index (χ3n) is 1.81. The Morgan fingerprint density at radius 1 is 1.40 bits per heavy atom. The molecular weight excluding hydrogens is 214 g/mol. The quantitative estimate of drug-likeness (QED) is 0.451.